The maximum absolute atomic E-state index is 13.5. The summed E-state index contributed by atoms with van der Waals surface area (Å²) in [6.07, 6.45) is 1.49. The van der Waals surface area contributed by atoms with Crippen LogP contribution in [0, 0.1) is 15.9 Å². The highest BCUT2D eigenvalue weighted by Gasteiger charge is 2.15. The van der Waals surface area contributed by atoms with Gasteiger partial charge in [-0.1, -0.05) is 0 Å². The van der Waals surface area contributed by atoms with Crippen LogP contribution in [0.1, 0.15) is 6.92 Å². The highest BCUT2D eigenvalue weighted by molar-refractivity contribution is 9.10. The fraction of sp³-hybridized carbons (Fsp3) is 0.167. The Morgan fingerprint density at radius 3 is 2.90 bits per heavy atom. The van der Waals surface area contributed by atoms with Gasteiger partial charge < -0.3 is 10.1 Å². The minimum absolute atomic E-state index is 0.0972. The largest absolute Gasteiger partial charge is 0.438 e. The highest BCUT2D eigenvalue weighted by atomic mass is 79.9. The number of ether oxygens (including phenoxy) is 1. The van der Waals surface area contributed by atoms with Gasteiger partial charge in [0.2, 0.25) is 17.6 Å². The van der Waals surface area contributed by atoms with E-state index >= 15 is 0 Å². The van der Waals surface area contributed by atoms with Gasteiger partial charge in [0.05, 0.1) is 15.6 Å². The first-order valence-corrected chi connectivity index (χ1v) is 6.68. The van der Waals surface area contributed by atoms with Crippen LogP contribution in [-0.2, 0) is 0 Å². The summed E-state index contributed by atoms with van der Waals surface area (Å²) in [5.74, 6) is -0.346. The zero-order valence-corrected chi connectivity index (χ0v) is 12.4. The van der Waals surface area contributed by atoms with Crippen LogP contribution in [0.2, 0.25) is 0 Å². The Bertz CT molecular complexity index is 684. The third-order valence-electron chi connectivity index (χ3n) is 2.38. The van der Waals surface area contributed by atoms with Crippen molar-refractivity contribution in [1.29, 1.82) is 0 Å². The lowest BCUT2D eigenvalue weighted by Gasteiger charge is -2.08. The third kappa shape index (κ3) is 3.63. The van der Waals surface area contributed by atoms with Crippen LogP contribution >= 0.6 is 15.9 Å². The molecule has 2 aromatic rings. The third-order valence-corrected chi connectivity index (χ3v) is 2.92. The number of aromatic nitrogens is 2. The molecule has 9 heteroatoms. The number of hydrogen-bond acceptors (Lipinski definition) is 6. The average molecular weight is 357 g/mol. The Morgan fingerprint density at radius 2 is 2.29 bits per heavy atom. The topological polar surface area (TPSA) is 90.2 Å². The molecule has 0 atom stereocenters. The van der Waals surface area contributed by atoms with Crippen molar-refractivity contribution >= 4 is 27.6 Å². The average Bonchev–Trinajstić information content (AvgIpc) is 2.42. The monoisotopic (exact) mass is 356 g/mol. The van der Waals surface area contributed by atoms with Crippen LogP contribution in [0.25, 0.3) is 0 Å². The number of nitrogens with one attached hydrogen (secondary N) is 1. The molecule has 1 heterocycles. The van der Waals surface area contributed by atoms with Gasteiger partial charge >= 0.3 is 5.69 Å². The second-order valence-electron chi connectivity index (χ2n) is 3.85. The Kier molecular flexibility index (Phi) is 4.63. The van der Waals surface area contributed by atoms with Crippen LogP contribution in [0.15, 0.2) is 28.9 Å². The van der Waals surface area contributed by atoms with Crippen LogP contribution in [0.4, 0.5) is 16.0 Å². The summed E-state index contributed by atoms with van der Waals surface area (Å²) in [6.45, 7) is 2.52. The molecular formula is C12H10BrFN4O3. The van der Waals surface area contributed by atoms with E-state index in [4.69, 9.17) is 4.74 Å². The molecule has 0 fully saturated rings. The van der Waals surface area contributed by atoms with Gasteiger partial charge in [0.1, 0.15) is 5.75 Å². The van der Waals surface area contributed by atoms with Crippen molar-refractivity contribution in [1.82, 2.24) is 9.97 Å². The van der Waals surface area contributed by atoms with Crippen LogP contribution in [0.3, 0.4) is 0 Å². The number of benzene rings is 1. The quantitative estimate of drug-likeness (QED) is 0.651. The number of nitrogens with zero attached hydrogens (tertiary/aromatic N) is 3. The summed E-state index contributed by atoms with van der Waals surface area (Å²) in [4.78, 5) is 17.9. The van der Waals surface area contributed by atoms with Gasteiger partial charge in [-0.05, 0) is 28.9 Å². The summed E-state index contributed by atoms with van der Waals surface area (Å²) in [7, 11) is 0. The van der Waals surface area contributed by atoms with Gasteiger partial charge in [-0.3, -0.25) is 10.1 Å². The first-order valence-electron chi connectivity index (χ1n) is 5.89. The molecule has 0 unspecified atom stereocenters. The zero-order chi connectivity index (χ0) is 15.4. The van der Waals surface area contributed by atoms with Gasteiger partial charge in [-0.25, -0.2) is 4.98 Å². The lowest BCUT2D eigenvalue weighted by molar-refractivity contribution is -0.387. The second-order valence-corrected chi connectivity index (χ2v) is 4.70. The van der Waals surface area contributed by atoms with E-state index in [1.165, 1.54) is 12.3 Å². The summed E-state index contributed by atoms with van der Waals surface area (Å²) in [5, 5.41) is 13.5. The van der Waals surface area contributed by atoms with Crippen molar-refractivity contribution in [2.24, 2.45) is 0 Å². The number of nitro benzene ring substituents is 1. The lowest BCUT2D eigenvalue weighted by atomic mass is 10.3. The molecule has 21 heavy (non-hydrogen) atoms. The molecular weight excluding hydrogens is 347 g/mol. The molecule has 1 N–H and O–H groups in total. The molecule has 0 radical (unpaired) electrons. The van der Waals surface area contributed by atoms with Crippen molar-refractivity contribution in [3.8, 4) is 11.6 Å². The Hall–Kier alpha value is -2.29. The van der Waals surface area contributed by atoms with Crippen molar-refractivity contribution < 1.29 is 14.1 Å². The molecule has 0 aliphatic heterocycles. The highest BCUT2D eigenvalue weighted by Crippen LogP contribution is 2.30. The molecule has 0 amide bonds. The Labute approximate surface area is 127 Å². The van der Waals surface area contributed by atoms with Crippen molar-refractivity contribution in [2.75, 3.05) is 11.9 Å². The summed E-state index contributed by atoms with van der Waals surface area (Å²) in [6, 6.07) is 3.26. The van der Waals surface area contributed by atoms with E-state index in [-0.39, 0.29) is 11.6 Å². The predicted octanol–water partition coefficient (Wildman–Crippen LogP) is 3.51. The number of halogens is 2. The van der Waals surface area contributed by atoms with E-state index in [1.54, 1.807) is 0 Å². The predicted molar refractivity (Wildman–Crippen MR) is 77.0 cm³/mol. The molecule has 0 spiro atoms. The van der Waals surface area contributed by atoms with E-state index in [0.29, 0.717) is 17.0 Å². The summed E-state index contributed by atoms with van der Waals surface area (Å²) >= 11 is 3.22. The number of rotatable bonds is 5. The van der Waals surface area contributed by atoms with E-state index < -0.39 is 16.4 Å². The van der Waals surface area contributed by atoms with Crippen LogP contribution < -0.4 is 10.1 Å². The molecule has 0 bridgehead atoms. The molecule has 0 saturated heterocycles. The smallest absolute Gasteiger partial charge is 0.305 e. The van der Waals surface area contributed by atoms with Crippen molar-refractivity contribution in [3.63, 3.8) is 0 Å². The molecule has 1 aromatic carbocycles. The minimum atomic E-state index is -0.977. The maximum atomic E-state index is 13.5. The molecule has 0 aliphatic rings. The van der Waals surface area contributed by atoms with Gasteiger partial charge in [-0.2, -0.15) is 9.37 Å². The summed E-state index contributed by atoms with van der Waals surface area (Å²) < 4.78 is 19.4. The van der Waals surface area contributed by atoms with Gasteiger partial charge in [-0.15, -0.1) is 0 Å². The van der Waals surface area contributed by atoms with Crippen molar-refractivity contribution in [2.45, 2.75) is 6.92 Å². The van der Waals surface area contributed by atoms with Gasteiger partial charge in [0, 0.05) is 18.7 Å². The summed E-state index contributed by atoms with van der Waals surface area (Å²) in [5.41, 5.74) is -0.613. The Balaban J connectivity index is 2.27. The van der Waals surface area contributed by atoms with Gasteiger partial charge in [0.15, 0.2) is 0 Å². The molecule has 0 saturated carbocycles. The van der Waals surface area contributed by atoms with E-state index in [2.05, 4.69) is 31.2 Å². The zero-order valence-electron chi connectivity index (χ0n) is 10.8. The Morgan fingerprint density at radius 1 is 1.52 bits per heavy atom. The minimum Gasteiger partial charge on any atom is -0.438 e. The first kappa shape index (κ1) is 15.1. The number of hydrogen-bond donors (Lipinski definition) is 1. The fourth-order valence-corrected chi connectivity index (χ4v) is 1.75. The molecule has 1 aromatic heterocycles. The molecule has 110 valence electrons. The fourth-order valence-electron chi connectivity index (χ4n) is 1.48. The van der Waals surface area contributed by atoms with Crippen molar-refractivity contribution in [3.05, 3.63) is 44.8 Å². The van der Waals surface area contributed by atoms with Gasteiger partial charge in [0.25, 0.3) is 0 Å². The van der Waals surface area contributed by atoms with E-state index in [9.17, 15) is 14.5 Å². The lowest BCUT2D eigenvalue weighted by Crippen LogP contribution is -2.03. The molecule has 7 nitrogen and oxygen atoms in total. The molecule has 2 rings (SSSR count). The standard InChI is InChI=1S/C12H10BrFN4O3/c1-2-15-12-16-6-8(13)11(17-12)21-7-3-4-10(18(19)20)9(14)5-7/h3-6H,2H2,1H3,(H,15,16,17). The SMILES string of the molecule is CCNc1ncc(Br)c(Oc2ccc([N+](=O)[O-])c(F)c2)n1. The molecule has 0 aliphatic carbocycles. The normalized spacial score (nSPS) is 10.2. The first-order chi connectivity index (χ1) is 10.0. The van der Waals surface area contributed by atoms with Crippen LogP contribution in [-0.4, -0.2) is 21.4 Å². The van der Waals surface area contributed by atoms with E-state index in [1.807, 2.05) is 6.92 Å². The number of nitro groups is 1. The van der Waals surface area contributed by atoms with Crippen LogP contribution in [0.5, 0.6) is 11.6 Å². The maximum Gasteiger partial charge on any atom is 0.305 e. The second kappa shape index (κ2) is 6.44. The van der Waals surface area contributed by atoms with E-state index in [0.717, 1.165) is 12.1 Å². The number of anilines is 1.